The Bertz CT molecular complexity index is 777. The van der Waals surface area contributed by atoms with Crippen LogP contribution in [0.5, 0.6) is 0 Å². The summed E-state index contributed by atoms with van der Waals surface area (Å²) >= 11 is 0. The number of quaternary nitrogens is 1. The molecule has 156 valence electrons. The number of sulfonamides is 1. The van der Waals surface area contributed by atoms with Crippen molar-refractivity contribution in [2.24, 2.45) is 0 Å². The number of carbonyl (C=O) groups is 2. The second kappa shape index (κ2) is 9.94. The van der Waals surface area contributed by atoms with Gasteiger partial charge in [-0.25, -0.2) is 12.8 Å². The Morgan fingerprint density at radius 3 is 2.32 bits per heavy atom. The van der Waals surface area contributed by atoms with Crippen molar-refractivity contribution in [3.63, 3.8) is 0 Å². The number of nitrogens with zero attached hydrogens (tertiary/aromatic N) is 2. The molecule has 1 aromatic rings. The zero-order valence-corrected chi connectivity index (χ0v) is 17.1. The fourth-order valence-corrected chi connectivity index (χ4v) is 4.55. The van der Waals surface area contributed by atoms with Gasteiger partial charge in [-0.2, -0.15) is 4.31 Å². The Balaban J connectivity index is 1.90. The van der Waals surface area contributed by atoms with Gasteiger partial charge < -0.3 is 15.1 Å². The number of likely N-dealkylation sites (N-methyl/N-ethyl adjacent to an activating group) is 2. The van der Waals surface area contributed by atoms with Crippen molar-refractivity contribution in [1.82, 2.24) is 14.5 Å². The second-order valence-corrected chi connectivity index (χ2v) is 8.58. The third-order valence-electron chi connectivity index (χ3n) is 4.72. The molecular formula is C18H28FN4O4S+. The summed E-state index contributed by atoms with van der Waals surface area (Å²) in [6.07, 6.45) is 0. The molecule has 1 heterocycles. The highest BCUT2D eigenvalue weighted by Gasteiger charge is 2.32. The van der Waals surface area contributed by atoms with Gasteiger partial charge in [-0.3, -0.25) is 9.59 Å². The Morgan fingerprint density at radius 2 is 1.79 bits per heavy atom. The number of hydrogen-bond acceptors (Lipinski definition) is 4. The van der Waals surface area contributed by atoms with Crippen LogP contribution in [0.25, 0.3) is 0 Å². The summed E-state index contributed by atoms with van der Waals surface area (Å²) in [6, 6.07) is 4.77. The molecule has 0 aromatic heterocycles. The molecule has 2 N–H and O–H groups in total. The molecule has 28 heavy (non-hydrogen) atoms. The van der Waals surface area contributed by atoms with Crippen LogP contribution in [0.3, 0.4) is 0 Å². The van der Waals surface area contributed by atoms with Gasteiger partial charge in [0.15, 0.2) is 6.54 Å². The first-order chi connectivity index (χ1) is 13.3. The van der Waals surface area contributed by atoms with E-state index in [1.807, 2.05) is 13.8 Å². The molecule has 1 fully saturated rings. The molecule has 2 amide bonds. The molecule has 1 aliphatic heterocycles. The van der Waals surface area contributed by atoms with Gasteiger partial charge in [-0.15, -0.1) is 0 Å². The Hall–Kier alpha value is -2.04. The molecule has 0 spiro atoms. The van der Waals surface area contributed by atoms with E-state index >= 15 is 0 Å². The maximum Gasteiger partial charge on any atom is 0.278 e. The molecule has 0 unspecified atom stereocenters. The molecule has 1 aliphatic rings. The minimum atomic E-state index is -3.67. The minimum Gasteiger partial charge on any atom is -0.355 e. The predicted octanol–water partition coefficient (Wildman–Crippen LogP) is -1.30. The van der Waals surface area contributed by atoms with Gasteiger partial charge >= 0.3 is 0 Å². The van der Waals surface area contributed by atoms with Crippen molar-refractivity contribution in [1.29, 1.82) is 0 Å². The quantitative estimate of drug-likeness (QED) is 0.552. The number of carbonyl (C=O) groups excluding carboxylic acids is 2. The van der Waals surface area contributed by atoms with E-state index in [0.717, 1.165) is 17.0 Å². The molecule has 8 nitrogen and oxygen atoms in total. The number of rotatable bonds is 8. The minimum absolute atomic E-state index is 0.0293. The molecule has 0 atom stereocenters. The third-order valence-corrected chi connectivity index (χ3v) is 6.64. The van der Waals surface area contributed by atoms with E-state index in [1.165, 1.54) is 21.3 Å². The summed E-state index contributed by atoms with van der Waals surface area (Å²) in [5.74, 6) is -0.804. The van der Waals surface area contributed by atoms with Gasteiger partial charge in [0.25, 0.3) is 5.91 Å². The van der Waals surface area contributed by atoms with Crippen molar-refractivity contribution in [2.45, 2.75) is 18.7 Å². The average Bonchev–Trinajstić information content (AvgIpc) is 2.67. The van der Waals surface area contributed by atoms with Gasteiger partial charge in [-0.1, -0.05) is 0 Å². The van der Waals surface area contributed by atoms with Crippen LogP contribution in [0.2, 0.25) is 0 Å². The zero-order chi connectivity index (χ0) is 20.7. The highest BCUT2D eigenvalue weighted by Crippen LogP contribution is 2.15. The maximum absolute atomic E-state index is 13.0. The monoisotopic (exact) mass is 415 g/mol. The first-order valence-corrected chi connectivity index (χ1v) is 10.9. The van der Waals surface area contributed by atoms with Crippen molar-refractivity contribution in [2.75, 3.05) is 52.4 Å². The van der Waals surface area contributed by atoms with Crippen LogP contribution in [0.15, 0.2) is 29.2 Å². The Morgan fingerprint density at radius 1 is 1.18 bits per heavy atom. The van der Waals surface area contributed by atoms with Crippen LogP contribution in [-0.2, 0) is 19.6 Å². The Labute approximate surface area is 165 Å². The van der Waals surface area contributed by atoms with Crippen LogP contribution >= 0.6 is 0 Å². The largest absolute Gasteiger partial charge is 0.355 e. The lowest BCUT2D eigenvalue weighted by atomic mass is 10.3. The smallest absolute Gasteiger partial charge is 0.278 e. The van der Waals surface area contributed by atoms with Crippen LogP contribution in [0.1, 0.15) is 13.8 Å². The summed E-state index contributed by atoms with van der Waals surface area (Å²) in [5.41, 5.74) is 0. The molecule has 1 saturated heterocycles. The predicted molar refractivity (Wildman–Crippen MR) is 102 cm³/mol. The third kappa shape index (κ3) is 5.73. The van der Waals surface area contributed by atoms with Crippen molar-refractivity contribution >= 4 is 21.8 Å². The first-order valence-electron chi connectivity index (χ1n) is 9.41. The van der Waals surface area contributed by atoms with Gasteiger partial charge in [0.1, 0.15) is 5.82 Å². The van der Waals surface area contributed by atoms with E-state index in [9.17, 15) is 22.4 Å². The summed E-state index contributed by atoms with van der Waals surface area (Å²) in [4.78, 5) is 26.7. The maximum atomic E-state index is 13.0. The van der Waals surface area contributed by atoms with Gasteiger partial charge in [0.05, 0.1) is 37.6 Å². The van der Waals surface area contributed by atoms with E-state index in [0.29, 0.717) is 26.2 Å². The van der Waals surface area contributed by atoms with Crippen molar-refractivity contribution in [3.05, 3.63) is 30.1 Å². The standard InChI is InChI=1S/C18H27FN4O4S/c1-3-20-17(24)13-22(4-2)18(25)14-21-9-11-23(12-10-21)28(26,27)16-7-5-15(19)6-8-16/h5-8H,3-4,9-14H2,1-2H3,(H,20,24)/p+1. The topological polar surface area (TPSA) is 91.2 Å². The van der Waals surface area contributed by atoms with Crippen LogP contribution in [-0.4, -0.2) is 81.8 Å². The summed E-state index contributed by atoms with van der Waals surface area (Å²) < 4.78 is 39.7. The normalized spacial score (nSPS) is 16.0. The highest BCUT2D eigenvalue weighted by molar-refractivity contribution is 7.89. The number of hydrogen-bond donors (Lipinski definition) is 2. The number of halogens is 1. The highest BCUT2D eigenvalue weighted by atomic mass is 32.2. The van der Waals surface area contributed by atoms with E-state index < -0.39 is 15.8 Å². The van der Waals surface area contributed by atoms with Crippen LogP contribution in [0, 0.1) is 5.82 Å². The van der Waals surface area contributed by atoms with E-state index in [2.05, 4.69) is 5.32 Å². The van der Waals surface area contributed by atoms with Crippen LogP contribution < -0.4 is 10.2 Å². The molecule has 0 aliphatic carbocycles. The summed E-state index contributed by atoms with van der Waals surface area (Å²) in [6.45, 7) is 6.39. The molecule has 10 heteroatoms. The fraction of sp³-hybridized carbons (Fsp3) is 0.556. The lowest BCUT2D eigenvalue weighted by Crippen LogP contribution is -3.15. The summed E-state index contributed by atoms with van der Waals surface area (Å²) in [7, 11) is -3.67. The van der Waals surface area contributed by atoms with Crippen LogP contribution in [0.4, 0.5) is 4.39 Å². The van der Waals surface area contributed by atoms with E-state index in [4.69, 9.17) is 0 Å². The van der Waals surface area contributed by atoms with Crippen molar-refractivity contribution < 1.29 is 27.3 Å². The number of benzene rings is 1. The second-order valence-electron chi connectivity index (χ2n) is 6.65. The number of nitrogens with one attached hydrogen (secondary N) is 2. The van der Waals surface area contributed by atoms with E-state index in [-0.39, 0.29) is 42.9 Å². The SMILES string of the molecule is CCNC(=O)CN(CC)C(=O)C[NH+]1CCN(S(=O)(=O)c2ccc(F)cc2)CC1. The molecular weight excluding hydrogens is 387 g/mol. The number of amides is 2. The molecule has 0 radical (unpaired) electrons. The van der Waals surface area contributed by atoms with Crippen molar-refractivity contribution in [3.8, 4) is 0 Å². The van der Waals surface area contributed by atoms with Gasteiger partial charge in [-0.05, 0) is 38.1 Å². The Kier molecular flexibility index (Phi) is 7.90. The number of piperazine rings is 1. The molecule has 0 bridgehead atoms. The first kappa shape index (κ1) is 22.3. The lowest BCUT2D eigenvalue weighted by Gasteiger charge is -2.32. The van der Waals surface area contributed by atoms with E-state index in [1.54, 1.807) is 0 Å². The van der Waals surface area contributed by atoms with Gasteiger partial charge in [0, 0.05) is 13.1 Å². The molecule has 2 rings (SSSR count). The van der Waals surface area contributed by atoms with Gasteiger partial charge in [0.2, 0.25) is 15.9 Å². The fourth-order valence-electron chi connectivity index (χ4n) is 3.10. The summed E-state index contributed by atoms with van der Waals surface area (Å²) in [5, 5.41) is 2.67. The molecule has 1 aromatic carbocycles. The lowest BCUT2D eigenvalue weighted by molar-refractivity contribution is -0.896. The average molecular weight is 416 g/mol. The molecule has 0 saturated carbocycles. The zero-order valence-electron chi connectivity index (χ0n) is 16.3.